The second-order valence-electron chi connectivity index (χ2n) is 5.13. The van der Waals surface area contributed by atoms with Crippen molar-refractivity contribution in [3.63, 3.8) is 0 Å². The van der Waals surface area contributed by atoms with Crippen LogP contribution in [0.1, 0.15) is 12.5 Å². The minimum Gasteiger partial charge on any atom is -0.398 e. The molecule has 0 aliphatic carbocycles. The minimum absolute atomic E-state index is 0.178. The quantitative estimate of drug-likeness (QED) is 0.597. The first-order valence-electron chi connectivity index (χ1n) is 7.52. The van der Waals surface area contributed by atoms with E-state index in [1.165, 1.54) is 14.2 Å². The molecule has 0 aromatic heterocycles. The molecule has 0 bridgehead atoms. The molecule has 1 aliphatic rings. The number of oxime groups is 1. The zero-order chi connectivity index (χ0) is 18.3. The van der Waals surface area contributed by atoms with Gasteiger partial charge in [-0.15, -0.1) is 5.11 Å². The number of halogens is 1. The predicted octanol–water partition coefficient (Wildman–Crippen LogP) is 3.18. The highest BCUT2D eigenvalue weighted by Gasteiger charge is 2.32. The molecule has 1 aromatic rings. The van der Waals surface area contributed by atoms with Crippen LogP contribution in [0.5, 0.6) is 0 Å². The predicted molar refractivity (Wildman–Crippen MR) is 95.3 cm³/mol. The molecule has 1 N–H and O–H groups in total. The average Bonchev–Trinajstić information content (AvgIpc) is 3.09. The van der Waals surface area contributed by atoms with E-state index in [0.717, 1.165) is 5.56 Å². The van der Waals surface area contributed by atoms with Gasteiger partial charge in [0.2, 0.25) is 5.72 Å². The first kappa shape index (κ1) is 18.8. The van der Waals surface area contributed by atoms with E-state index in [1.807, 2.05) is 12.1 Å². The lowest BCUT2D eigenvalue weighted by atomic mass is 10.0. The lowest BCUT2D eigenvalue weighted by Gasteiger charge is -2.23. The summed E-state index contributed by atoms with van der Waals surface area (Å²) >= 11 is 5.93. The molecule has 0 radical (unpaired) electrons. The van der Waals surface area contributed by atoms with Crippen LogP contribution in [0.3, 0.4) is 0 Å². The van der Waals surface area contributed by atoms with Crippen molar-refractivity contribution in [3.05, 3.63) is 58.8 Å². The summed E-state index contributed by atoms with van der Waals surface area (Å²) in [5.41, 5.74) is 0.592. The molecule has 0 saturated heterocycles. The molecule has 2 rings (SSSR count). The molecule has 1 amide bonds. The van der Waals surface area contributed by atoms with Gasteiger partial charge in [0.1, 0.15) is 7.11 Å². The molecule has 1 unspecified atom stereocenters. The van der Waals surface area contributed by atoms with Crippen molar-refractivity contribution in [1.82, 2.24) is 5.32 Å². The lowest BCUT2D eigenvalue weighted by Crippen LogP contribution is -2.29. The van der Waals surface area contributed by atoms with E-state index < -0.39 is 5.72 Å². The van der Waals surface area contributed by atoms with Crippen molar-refractivity contribution in [1.29, 1.82) is 0 Å². The number of nitrogens with zero attached hydrogens (tertiary/aromatic N) is 3. The first-order chi connectivity index (χ1) is 12.0. The Morgan fingerprint density at radius 1 is 1.40 bits per heavy atom. The van der Waals surface area contributed by atoms with Crippen LogP contribution in [0.2, 0.25) is 5.02 Å². The topological polar surface area (TPSA) is 84.6 Å². The summed E-state index contributed by atoms with van der Waals surface area (Å²) in [6, 6.07) is 7.19. The normalized spacial score (nSPS) is 20.0. The van der Waals surface area contributed by atoms with Gasteiger partial charge in [0.05, 0.1) is 12.8 Å². The van der Waals surface area contributed by atoms with E-state index in [4.69, 9.17) is 21.2 Å². The van der Waals surface area contributed by atoms with E-state index in [9.17, 15) is 4.79 Å². The Bertz CT molecular complexity index is 727. The third-order valence-electron chi connectivity index (χ3n) is 3.52. The molecule has 1 heterocycles. The van der Waals surface area contributed by atoms with Gasteiger partial charge in [-0.05, 0) is 30.7 Å². The number of azo groups is 1. The van der Waals surface area contributed by atoms with Crippen molar-refractivity contribution >= 4 is 23.2 Å². The fourth-order valence-corrected chi connectivity index (χ4v) is 2.31. The van der Waals surface area contributed by atoms with Gasteiger partial charge in [-0.25, -0.2) is 0 Å². The van der Waals surface area contributed by atoms with Gasteiger partial charge in [-0.2, -0.15) is 5.11 Å². The van der Waals surface area contributed by atoms with Gasteiger partial charge < -0.3 is 14.9 Å². The molecular formula is C17H19ClN4O3. The average molecular weight is 363 g/mol. The fourth-order valence-electron chi connectivity index (χ4n) is 2.18. The molecule has 8 heteroatoms. The Kier molecular flexibility index (Phi) is 6.44. The second kappa shape index (κ2) is 8.55. The van der Waals surface area contributed by atoms with Gasteiger partial charge in [-0.3, -0.25) is 4.79 Å². The van der Waals surface area contributed by atoms with Crippen LogP contribution < -0.4 is 5.32 Å². The highest BCUT2D eigenvalue weighted by molar-refractivity contribution is 6.44. The van der Waals surface area contributed by atoms with E-state index in [2.05, 4.69) is 20.7 Å². The maximum atomic E-state index is 11.8. The van der Waals surface area contributed by atoms with Crippen LogP contribution >= 0.6 is 11.6 Å². The number of hydrogen-bond donors (Lipinski definition) is 1. The molecule has 0 fully saturated rings. The molecule has 1 aliphatic heterocycles. The Hall–Kier alpha value is -2.51. The number of benzene rings is 1. The van der Waals surface area contributed by atoms with Crippen molar-refractivity contribution in [2.45, 2.75) is 12.6 Å². The van der Waals surface area contributed by atoms with Crippen LogP contribution in [-0.2, 0) is 20.1 Å². The summed E-state index contributed by atoms with van der Waals surface area (Å²) in [7, 11) is 2.91. The zero-order valence-electron chi connectivity index (χ0n) is 14.2. The molecule has 0 spiro atoms. The summed E-state index contributed by atoms with van der Waals surface area (Å²) in [6.45, 7) is 1.94. The number of hydrogen-bond acceptors (Lipinski definition) is 6. The lowest BCUT2D eigenvalue weighted by molar-refractivity contribution is -0.114. The van der Waals surface area contributed by atoms with Crippen LogP contribution in [0, 0.1) is 0 Å². The Morgan fingerprint density at radius 2 is 2.12 bits per heavy atom. The maximum absolute atomic E-state index is 11.8. The number of rotatable bonds is 7. The summed E-state index contributed by atoms with van der Waals surface area (Å²) in [4.78, 5) is 16.5. The number of amides is 1. The van der Waals surface area contributed by atoms with Crippen LogP contribution in [0.25, 0.3) is 0 Å². The summed E-state index contributed by atoms with van der Waals surface area (Å²) in [6.07, 6.45) is 5.06. The third kappa shape index (κ3) is 4.52. The number of carbonyl (C=O) groups is 1. The minimum atomic E-state index is -1.01. The second-order valence-corrected chi connectivity index (χ2v) is 5.57. The van der Waals surface area contributed by atoms with Crippen LogP contribution in [0.15, 0.2) is 63.6 Å². The number of ether oxygens (including phenoxy) is 1. The van der Waals surface area contributed by atoms with Crippen molar-refractivity contribution < 1.29 is 14.4 Å². The summed E-state index contributed by atoms with van der Waals surface area (Å²) in [5, 5.41) is 15.0. The highest BCUT2D eigenvalue weighted by atomic mass is 35.5. The van der Waals surface area contributed by atoms with Gasteiger partial charge in [-0.1, -0.05) is 35.0 Å². The number of carbonyl (C=O) groups excluding carboxylic acids is 1. The van der Waals surface area contributed by atoms with E-state index >= 15 is 0 Å². The Labute approximate surface area is 151 Å². The van der Waals surface area contributed by atoms with Gasteiger partial charge in [0.25, 0.3) is 5.91 Å². The van der Waals surface area contributed by atoms with Crippen LogP contribution in [0.4, 0.5) is 0 Å². The molecule has 132 valence electrons. The fraction of sp³-hybridized carbons (Fsp3) is 0.294. The van der Waals surface area contributed by atoms with Gasteiger partial charge >= 0.3 is 0 Å². The van der Waals surface area contributed by atoms with E-state index in [-0.39, 0.29) is 18.2 Å². The highest BCUT2D eigenvalue weighted by Crippen LogP contribution is 2.33. The van der Waals surface area contributed by atoms with Crippen LogP contribution in [-0.4, -0.2) is 32.4 Å². The molecule has 1 aromatic carbocycles. The monoisotopic (exact) mass is 362 g/mol. The van der Waals surface area contributed by atoms with E-state index in [0.29, 0.717) is 10.6 Å². The molecule has 25 heavy (non-hydrogen) atoms. The zero-order valence-corrected chi connectivity index (χ0v) is 14.9. The smallest absolute Gasteiger partial charge is 0.273 e. The SMILES string of the molecule is CNC(=O)C(=N/OC)/C(C)=C\COC1(c2ccc(Cl)cc2)C=CN=N1. The van der Waals surface area contributed by atoms with Gasteiger partial charge in [0, 0.05) is 17.6 Å². The van der Waals surface area contributed by atoms with Crippen molar-refractivity contribution in [2.75, 3.05) is 20.8 Å². The van der Waals surface area contributed by atoms with Crippen molar-refractivity contribution in [2.24, 2.45) is 15.4 Å². The van der Waals surface area contributed by atoms with E-state index in [1.54, 1.807) is 37.4 Å². The Morgan fingerprint density at radius 3 is 2.68 bits per heavy atom. The number of nitrogens with one attached hydrogen (secondary N) is 1. The molecule has 1 atom stereocenters. The largest absolute Gasteiger partial charge is 0.398 e. The molecule has 0 saturated carbocycles. The Balaban J connectivity index is 2.16. The first-order valence-corrected chi connectivity index (χ1v) is 7.90. The van der Waals surface area contributed by atoms with Gasteiger partial charge in [0.15, 0.2) is 5.71 Å². The third-order valence-corrected chi connectivity index (χ3v) is 3.77. The molecular weight excluding hydrogens is 344 g/mol. The standard InChI is InChI=1S/C17H19ClN4O3/c1-12(15(21-24-3)16(23)19-2)8-11-25-17(9-10-20-22-17)13-4-6-14(18)7-5-13/h4-10H,11H2,1-3H3,(H,19,23)/b12-8-,21-15+. The summed E-state index contributed by atoms with van der Waals surface area (Å²) < 4.78 is 5.93. The van der Waals surface area contributed by atoms with Crippen molar-refractivity contribution in [3.8, 4) is 0 Å². The summed E-state index contributed by atoms with van der Waals surface area (Å²) in [5.74, 6) is -0.344. The maximum Gasteiger partial charge on any atom is 0.273 e. The molecule has 7 nitrogen and oxygen atoms in total.